The van der Waals surface area contributed by atoms with Crippen LogP contribution < -0.4 is 10.6 Å². The number of ketones is 1. The monoisotopic (exact) mass is 566 g/mol. The maximum absolute atomic E-state index is 13.9. The first-order valence-electron chi connectivity index (χ1n) is 14.4. The van der Waals surface area contributed by atoms with E-state index < -0.39 is 23.8 Å². The summed E-state index contributed by atoms with van der Waals surface area (Å²) >= 11 is 0. The summed E-state index contributed by atoms with van der Waals surface area (Å²) in [5.41, 5.74) is 4.96. The molecule has 0 bridgehead atoms. The number of H-pyrrole nitrogens is 1. The van der Waals surface area contributed by atoms with Gasteiger partial charge in [-0.15, -0.1) is 0 Å². The zero-order valence-corrected chi connectivity index (χ0v) is 24.6. The molecular formula is C34H38N4O4. The number of aromatic amines is 1. The predicted octanol–water partition coefficient (Wildman–Crippen LogP) is 6.25. The zero-order valence-electron chi connectivity index (χ0n) is 24.6. The minimum absolute atomic E-state index is 0.0114. The largest absolute Gasteiger partial charge is 0.444 e. The van der Waals surface area contributed by atoms with Crippen LogP contribution in [0.1, 0.15) is 50.8 Å². The van der Waals surface area contributed by atoms with Gasteiger partial charge in [-0.1, -0.05) is 48.5 Å². The second-order valence-electron chi connectivity index (χ2n) is 11.8. The van der Waals surface area contributed by atoms with Crippen LogP contribution in [0.25, 0.3) is 22.2 Å². The number of amides is 2. The second-order valence-corrected chi connectivity index (χ2v) is 11.8. The number of likely N-dealkylation sites (tertiary alicyclic amines) is 1. The number of hydrogen-bond acceptors (Lipinski definition) is 5. The Morgan fingerprint density at radius 3 is 2.43 bits per heavy atom. The third kappa shape index (κ3) is 6.65. The van der Waals surface area contributed by atoms with E-state index in [2.05, 4.69) is 33.8 Å². The molecule has 4 aromatic rings. The lowest BCUT2D eigenvalue weighted by Gasteiger charge is -2.29. The molecule has 3 aromatic carbocycles. The fourth-order valence-electron chi connectivity index (χ4n) is 5.47. The molecule has 8 heteroatoms. The van der Waals surface area contributed by atoms with Crippen molar-refractivity contribution in [1.29, 1.82) is 0 Å². The smallest absolute Gasteiger partial charge is 0.408 e. The number of nitrogens with one attached hydrogen (secondary N) is 3. The van der Waals surface area contributed by atoms with Gasteiger partial charge in [-0.3, -0.25) is 9.59 Å². The fourth-order valence-corrected chi connectivity index (χ4v) is 5.47. The Hall–Kier alpha value is -4.59. The van der Waals surface area contributed by atoms with Gasteiger partial charge in [0.05, 0.1) is 6.04 Å². The van der Waals surface area contributed by atoms with Gasteiger partial charge in [0.15, 0.2) is 5.78 Å². The van der Waals surface area contributed by atoms with Crippen LogP contribution in [-0.2, 0) is 20.7 Å². The van der Waals surface area contributed by atoms with Crippen molar-refractivity contribution >= 4 is 34.4 Å². The number of anilines is 1. The molecule has 2 heterocycles. The first-order valence-corrected chi connectivity index (χ1v) is 14.4. The number of fused-ring (bicyclic) bond motifs is 1. The van der Waals surface area contributed by atoms with Crippen molar-refractivity contribution in [3.8, 4) is 11.3 Å². The van der Waals surface area contributed by atoms with Gasteiger partial charge in [0.2, 0.25) is 0 Å². The number of nitrogens with zero attached hydrogens (tertiary/aromatic N) is 1. The summed E-state index contributed by atoms with van der Waals surface area (Å²) in [4.78, 5) is 45.2. The molecule has 1 saturated heterocycles. The van der Waals surface area contributed by atoms with Crippen LogP contribution in [-0.4, -0.2) is 52.9 Å². The van der Waals surface area contributed by atoms with Gasteiger partial charge in [-0.05, 0) is 80.6 Å². The van der Waals surface area contributed by atoms with Crippen LogP contribution in [0.2, 0.25) is 0 Å². The van der Waals surface area contributed by atoms with Gasteiger partial charge < -0.3 is 25.3 Å². The number of ether oxygens (including phenoxy) is 1. The lowest BCUT2D eigenvalue weighted by atomic mass is 9.99. The molecule has 0 spiro atoms. The Morgan fingerprint density at radius 2 is 1.74 bits per heavy atom. The number of Topliss-reactive ketones (excluding diaryl/α,β-unsaturated/α-hetero) is 1. The third-order valence-corrected chi connectivity index (χ3v) is 7.50. The molecule has 2 amide bonds. The normalized spacial score (nSPS) is 15.8. The third-order valence-electron chi connectivity index (χ3n) is 7.50. The summed E-state index contributed by atoms with van der Waals surface area (Å²) in [5.74, 6) is -0.319. The van der Waals surface area contributed by atoms with Crippen molar-refractivity contribution in [2.45, 2.75) is 57.7 Å². The quantitative estimate of drug-likeness (QED) is 0.234. The van der Waals surface area contributed by atoms with Crippen molar-refractivity contribution in [3.05, 3.63) is 90.0 Å². The maximum Gasteiger partial charge on any atom is 0.408 e. The van der Waals surface area contributed by atoms with Crippen molar-refractivity contribution in [1.82, 2.24) is 15.2 Å². The minimum atomic E-state index is -0.953. The molecule has 1 aliphatic rings. The number of rotatable bonds is 8. The number of carbonyl (C=O) groups excluding carboxylic acids is 3. The molecular weight excluding hydrogens is 528 g/mol. The topological polar surface area (TPSA) is 104 Å². The van der Waals surface area contributed by atoms with E-state index in [9.17, 15) is 14.4 Å². The molecule has 3 N–H and O–H groups in total. The molecule has 8 nitrogen and oxygen atoms in total. The average molecular weight is 567 g/mol. The van der Waals surface area contributed by atoms with E-state index in [1.165, 1.54) is 0 Å². The van der Waals surface area contributed by atoms with E-state index in [0.717, 1.165) is 39.8 Å². The first kappa shape index (κ1) is 28.9. The Bertz CT molecular complexity index is 1570. The molecule has 0 unspecified atom stereocenters. The van der Waals surface area contributed by atoms with Crippen molar-refractivity contribution < 1.29 is 19.1 Å². The summed E-state index contributed by atoms with van der Waals surface area (Å²) in [5, 5.41) is 6.90. The summed E-state index contributed by atoms with van der Waals surface area (Å²) in [7, 11) is 1.89. The van der Waals surface area contributed by atoms with Crippen LogP contribution in [0, 0.1) is 0 Å². The predicted molar refractivity (Wildman–Crippen MR) is 165 cm³/mol. The van der Waals surface area contributed by atoms with Crippen LogP contribution in [0.5, 0.6) is 0 Å². The Balaban J connectivity index is 1.32. The van der Waals surface area contributed by atoms with E-state index in [4.69, 9.17) is 4.74 Å². The van der Waals surface area contributed by atoms with E-state index in [1.807, 2.05) is 55.6 Å². The highest BCUT2D eigenvalue weighted by molar-refractivity contribution is 5.95. The van der Waals surface area contributed by atoms with Crippen LogP contribution in [0.4, 0.5) is 10.5 Å². The van der Waals surface area contributed by atoms with E-state index in [1.54, 1.807) is 37.8 Å². The first-order chi connectivity index (χ1) is 20.1. The molecule has 2 atom stereocenters. The summed E-state index contributed by atoms with van der Waals surface area (Å²) in [6.07, 6.45) is 0.862. The molecule has 42 heavy (non-hydrogen) atoms. The number of hydrogen-bond donors (Lipinski definition) is 3. The van der Waals surface area contributed by atoms with Gasteiger partial charge in [0, 0.05) is 42.3 Å². The molecule has 218 valence electrons. The highest BCUT2D eigenvalue weighted by atomic mass is 16.6. The maximum atomic E-state index is 13.9. The molecule has 1 aromatic heterocycles. The van der Waals surface area contributed by atoms with Gasteiger partial charge in [-0.2, -0.15) is 0 Å². The molecule has 0 saturated carbocycles. The average Bonchev–Trinajstić information content (AvgIpc) is 3.63. The molecule has 1 fully saturated rings. The minimum Gasteiger partial charge on any atom is -0.444 e. The molecule has 5 rings (SSSR count). The van der Waals surface area contributed by atoms with Crippen molar-refractivity contribution in [2.75, 3.05) is 18.9 Å². The Labute approximate surface area is 246 Å². The molecule has 0 radical (unpaired) electrons. The highest BCUT2D eigenvalue weighted by Gasteiger charge is 2.38. The van der Waals surface area contributed by atoms with Crippen LogP contribution in [0.3, 0.4) is 0 Å². The number of benzene rings is 3. The Kier molecular flexibility index (Phi) is 8.34. The summed E-state index contributed by atoms with van der Waals surface area (Å²) < 4.78 is 5.44. The number of aromatic nitrogens is 1. The fraction of sp³-hybridized carbons (Fsp3) is 0.324. The van der Waals surface area contributed by atoms with Gasteiger partial charge in [-0.25, -0.2) is 4.79 Å². The van der Waals surface area contributed by atoms with Crippen LogP contribution >= 0.6 is 0 Å². The van der Waals surface area contributed by atoms with Gasteiger partial charge >= 0.3 is 6.09 Å². The van der Waals surface area contributed by atoms with E-state index >= 15 is 0 Å². The number of alkyl carbamates (subject to hydrolysis) is 1. The van der Waals surface area contributed by atoms with Crippen molar-refractivity contribution in [2.24, 2.45) is 0 Å². The zero-order chi connectivity index (χ0) is 29.9. The second kappa shape index (κ2) is 12.1. The lowest BCUT2D eigenvalue weighted by molar-refractivity contribution is -0.139. The molecule has 0 aliphatic carbocycles. The van der Waals surface area contributed by atoms with Gasteiger partial charge in [0.25, 0.3) is 5.91 Å². The number of carbonyl (C=O) groups is 3. The summed E-state index contributed by atoms with van der Waals surface area (Å²) in [6.45, 7) is 5.78. The Morgan fingerprint density at radius 1 is 1.00 bits per heavy atom. The highest BCUT2D eigenvalue weighted by Crippen LogP contribution is 2.28. The lowest BCUT2D eigenvalue weighted by Crippen LogP contribution is -2.48. The molecule has 1 aliphatic heterocycles. The van der Waals surface area contributed by atoms with Crippen molar-refractivity contribution in [3.63, 3.8) is 0 Å². The SMILES string of the molecule is CNc1ccc(-c2cc3cc(CC(=O)[C@@H]4CCCN4C(=O)[C@H](NC(=O)OC(C)(C)C)c4ccccc4)ccc3[nH]2)cc1. The van der Waals surface area contributed by atoms with Crippen LogP contribution in [0.15, 0.2) is 78.9 Å². The standard InChI is InChI=1S/C34H38N4O4/c1-34(2,3)42-33(41)37-31(24-9-6-5-7-10-24)32(40)38-18-8-11-29(38)30(39)20-22-12-17-27-25(19-22)21-28(36-27)23-13-15-26(35-4)16-14-23/h5-7,9-10,12-17,19,21,29,31,35-36H,8,11,18,20H2,1-4H3,(H,37,41)/t29-,31+/m0/s1. The van der Waals surface area contributed by atoms with E-state index in [0.29, 0.717) is 18.5 Å². The van der Waals surface area contributed by atoms with E-state index in [-0.39, 0.29) is 18.1 Å². The summed E-state index contributed by atoms with van der Waals surface area (Å²) in [6, 6.07) is 23.9. The van der Waals surface area contributed by atoms with Gasteiger partial charge in [0.1, 0.15) is 11.6 Å².